The summed E-state index contributed by atoms with van der Waals surface area (Å²) in [6.45, 7) is 1.40. The van der Waals surface area contributed by atoms with E-state index >= 15 is 0 Å². The molecule has 3 aliphatic rings. The van der Waals surface area contributed by atoms with Crippen LogP contribution in [-0.2, 0) is 14.4 Å². The predicted molar refractivity (Wildman–Crippen MR) is 119 cm³/mol. The molecule has 1 aromatic carbocycles. The first-order valence-electron chi connectivity index (χ1n) is 11.3. The van der Waals surface area contributed by atoms with Crippen LogP contribution in [0, 0.1) is 0 Å². The number of thioether (sulfide) groups is 1. The zero-order valence-electron chi connectivity index (χ0n) is 17.5. The van der Waals surface area contributed by atoms with E-state index in [0.717, 1.165) is 61.9 Å². The molecular weight excluding hydrogens is 398 g/mol. The van der Waals surface area contributed by atoms with E-state index in [2.05, 4.69) is 5.32 Å². The molecule has 2 heterocycles. The highest BCUT2D eigenvalue weighted by atomic mass is 32.2. The number of anilines is 1. The number of amides is 3. The van der Waals surface area contributed by atoms with Crippen LogP contribution < -0.4 is 10.2 Å². The Morgan fingerprint density at radius 3 is 2.37 bits per heavy atom. The summed E-state index contributed by atoms with van der Waals surface area (Å²) in [6.07, 6.45) is 9.74. The van der Waals surface area contributed by atoms with E-state index in [1.54, 1.807) is 0 Å². The number of nitrogens with zero attached hydrogens (tertiary/aromatic N) is 2. The van der Waals surface area contributed by atoms with Crippen molar-refractivity contribution in [2.75, 3.05) is 24.5 Å². The zero-order chi connectivity index (χ0) is 20.9. The maximum absolute atomic E-state index is 13.4. The highest BCUT2D eigenvalue weighted by Gasteiger charge is 2.40. The Balaban J connectivity index is 1.50. The highest BCUT2D eigenvalue weighted by molar-refractivity contribution is 8.01. The third kappa shape index (κ3) is 4.82. The van der Waals surface area contributed by atoms with Gasteiger partial charge < -0.3 is 15.1 Å². The van der Waals surface area contributed by atoms with Crippen molar-refractivity contribution < 1.29 is 14.4 Å². The molecule has 0 spiro atoms. The molecule has 1 aliphatic carbocycles. The summed E-state index contributed by atoms with van der Waals surface area (Å²) in [5, 5.41) is 2.29. The third-order valence-corrected chi connectivity index (χ3v) is 7.54. The Kier molecular flexibility index (Phi) is 6.97. The normalized spacial score (nSPS) is 22.9. The molecule has 162 valence electrons. The van der Waals surface area contributed by atoms with Gasteiger partial charge in [0.1, 0.15) is 6.54 Å². The van der Waals surface area contributed by atoms with E-state index < -0.39 is 5.25 Å². The molecule has 0 radical (unpaired) electrons. The second-order valence-electron chi connectivity index (χ2n) is 8.53. The lowest BCUT2D eigenvalue weighted by atomic mass is 9.95. The molecule has 2 fully saturated rings. The zero-order valence-corrected chi connectivity index (χ0v) is 18.3. The number of hydrogen-bond donors (Lipinski definition) is 1. The summed E-state index contributed by atoms with van der Waals surface area (Å²) < 4.78 is 0. The number of hydrogen-bond acceptors (Lipinski definition) is 4. The molecule has 1 saturated carbocycles. The van der Waals surface area contributed by atoms with Crippen molar-refractivity contribution in [3.05, 3.63) is 24.3 Å². The van der Waals surface area contributed by atoms with Gasteiger partial charge in [0, 0.05) is 24.0 Å². The molecule has 7 heteroatoms. The molecule has 0 aromatic heterocycles. The molecule has 1 atom stereocenters. The first-order chi connectivity index (χ1) is 14.6. The van der Waals surface area contributed by atoms with Gasteiger partial charge in [0.25, 0.3) is 5.91 Å². The van der Waals surface area contributed by atoms with Gasteiger partial charge in [0.05, 0.1) is 5.69 Å². The molecule has 30 heavy (non-hydrogen) atoms. The number of likely N-dealkylation sites (tertiary alicyclic amines) is 1. The Morgan fingerprint density at radius 2 is 1.63 bits per heavy atom. The summed E-state index contributed by atoms with van der Waals surface area (Å²) in [6, 6.07) is 7.78. The van der Waals surface area contributed by atoms with E-state index in [1.165, 1.54) is 23.1 Å². The Labute approximate surface area is 182 Å². The number of nitrogens with one attached hydrogen (secondary N) is 1. The van der Waals surface area contributed by atoms with Crippen LogP contribution >= 0.6 is 11.8 Å². The molecule has 2 aliphatic heterocycles. The van der Waals surface area contributed by atoms with E-state index in [0.29, 0.717) is 13.1 Å². The standard InChI is InChI=1S/C23H31N3O3S/c27-20(24-17-10-4-3-5-11-17)16-26-18-12-6-7-13-19(18)30-21(23(26)29)22(28)25-14-8-1-2-9-15-25/h6-7,12-13,17,21H,1-5,8-11,14-16H2,(H,24,27)/t21-/m1/s1. The van der Waals surface area contributed by atoms with E-state index in [1.807, 2.05) is 29.2 Å². The largest absolute Gasteiger partial charge is 0.352 e. The first kappa shape index (κ1) is 21.2. The second kappa shape index (κ2) is 9.86. The van der Waals surface area contributed by atoms with Gasteiger partial charge in [-0.15, -0.1) is 11.8 Å². The lowest BCUT2D eigenvalue weighted by molar-refractivity contribution is -0.135. The summed E-state index contributed by atoms with van der Waals surface area (Å²) in [5.74, 6) is -0.524. The molecule has 0 bridgehead atoms. The fourth-order valence-electron chi connectivity index (χ4n) is 4.66. The average Bonchev–Trinajstić information content (AvgIpc) is 3.05. The van der Waals surface area contributed by atoms with Gasteiger partial charge in [0.2, 0.25) is 11.8 Å². The van der Waals surface area contributed by atoms with Crippen molar-refractivity contribution >= 4 is 35.2 Å². The minimum Gasteiger partial charge on any atom is -0.352 e. The van der Waals surface area contributed by atoms with E-state index in [4.69, 9.17) is 0 Å². The van der Waals surface area contributed by atoms with Crippen molar-refractivity contribution in [3.63, 3.8) is 0 Å². The molecule has 6 nitrogen and oxygen atoms in total. The Hall–Kier alpha value is -2.02. The molecular formula is C23H31N3O3S. The number of carbonyl (C=O) groups is 3. The SMILES string of the molecule is O=C(CN1C(=O)[C@@H](C(=O)N2CCCCCC2)Sc2ccccc21)NC1CCCCC1. The minimum absolute atomic E-state index is 0.0311. The van der Waals surface area contributed by atoms with Gasteiger partial charge >= 0.3 is 0 Å². The maximum atomic E-state index is 13.4. The number of benzene rings is 1. The third-order valence-electron chi connectivity index (χ3n) is 6.31. The monoisotopic (exact) mass is 429 g/mol. The average molecular weight is 430 g/mol. The topological polar surface area (TPSA) is 69.7 Å². The fourth-order valence-corrected chi connectivity index (χ4v) is 5.85. The molecule has 1 saturated heterocycles. The van der Waals surface area contributed by atoms with Gasteiger partial charge in [-0.3, -0.25) is 14.4 Å². The van der Waals surface area contributed by atoms with Crippen LogP contribution in [0.25, 0.3) is 0 Å². The molecule has 4 rings (SSSR count). The molecule has 1 N–H and O–H groups in total. The van der Waals surface area contributed by atoms with Crippen LogP contribution in [0.3, 0.4) is 0 Å². The number of para-hydroxylation sites is 1. The first-order valence-corrected chi connectivity index (χ1v) is 12.2. The smallest absolute Gasteiger partial charge is 0.250 e. The van der Waals surface area contributed by atoms with Crippen LogP contribution in [0.1, 0.15) is 57.8 Å². The van der Waals surface area contributed by atoms with Gasteiger partial charge in [-0.25, -0.2) is 0 Å². The van der Waals surface area contributed by atoms with Gasteiger partial charge in [-0.2, -0.15) is 0 Å². The number of fused-ring (bicyclic) bond motifs is 1. The van der Waals surface area contributed by atoms with Crippen LogP contribution in [0.2, 0.25) is 0 Å². The van der Waals surface area contributed by atoms with Crippen molar-refractivity contribution in [2.45, 2.75) is 74.0 Å². The number of rotatable bonds is 4. The molecule has 1 aromatic rings. The van der Waals surface area contributed by atoms with Gasteiger partial charge in [-0.1, -0.05) is 44.2 Å². The van der Waals surface area contributed by atoms with Crippen molar-refractivity contribution in [2.24, 2.45) is 0 Å². The van der Waals surface area contributed by atoms with E-state index in [-0.39, 0.29) is 30.3 Å². The maximum Gasteiger partial charge on any atom is 0.250 e. The van der Waals surface area contributed by atoms with Gasteiger partial charge in [0.15, 0.2) is 5.25 Å². The van der Waals surface area contributed by atoms with Crippen molar-refractivity contribution in [3.8, 4) is 0 Å². The number of carbonyl (C=O) groups excluding carboxylic acids is 3. The van der Waals surface area contributed by atoms with Crippen LogP contribution in [0.5, 0.6) is 0 Å². The summed E-state index contributed by atoms with van der Waals surface area (Å²) in [4.78, 5) is 43.6. The lowest BCUT2D eigenvalue weighted by Gasteiger charge is -2.35. The summed E-state index contributed by atoms with van der Waals surface area (Å²) >= 11 is 1.33. The lowest BCUT2D eigenvalue weighted by Crippen LogP contribution is -2.53. The van der Waals surface area contributed by atoms with Gasteiger partial charge in [-0.05, 0) is 37.8 Å². The Morgan fingerprint density at radius 1 is 0.967 bits per heavy atom. The van der Waals surface area contributed by atoms with Crippen molar-refractivity contribution in [1.29, 1.82) is 0 Å². The van der Waals surface area contributed by atoms with E-state index in [9.17, 15) is 14.4 Å². The summed E-state index contributed by atoms with van der Waals surface area (Å²) in [5.41, 5.74) is 0.728. The van der Waals surface area contributed by atoms with Crippen LogP contribution in [0.15, 0.2) is 29.2 Å². The molecule has 0 unspecified atom stereocenters. The molecule has 3 amide bonds. The van der Waals surface area contributed by atoms with Crippen LogP contribution in [0.4, 0.5) is 5.69 Å². The highest BCUT2D eigenvalue weighted by Crippen LogP contribution is 2.39. The van der Waals surface area contributed by atoms with Crippen molar-refractivity contribution in [1.82, 2.24) is 10.2 Å². The summed E-state index contributed by atoms with van der Waals surface area (Å²) in [7, 11) is 0. The predicted octanol–water partition coefficient (Wildman–Crippen LogP) is 3.35. The Bertz CT molecular complexity index is 786. The quantitative estimate of drug-likeness (QED) is 0.746. The minimum atomic E-state index is -0.805. The fraction of sp³-hybridized carbons (Fsp3) is 0.609. The van der Waals surface area contributed by atoms with Crippen LogP contribution in [-0.4, -0.2) is 53.5 Å². The second-order valence-corrected chi connectivity index (χ2v) is 9.68.